The lowest BCUT2D eigenvalue weighted by atomic mass is 9.92. The van der Waals surface area contributed by atoms with E-state index in [9.17, 15) is 0 Å². The number of nitrogens with one attached hydrogen (secondary N) is 2. The minimum absolute atomic E-state index is 0.656. The fourth-order valence-electron chi connectivity index (χ4n) is 3.04. The number of methoxy groups -OCH3 is 1. The van der Waals surface area contributed by atoms with E-state index >= 15 is 0 Å². The third-order valence-corrected chi connectivity index (χ3v) is 4.06. The van der Waals surface area contributed by atoms with Gasteiger partial charge in [0.05, 0.1) is 12.6 Å². The lowest BCUT2D eigenvalue weighted by molar-refractivity contribution is 0.418. The normalized spacial score (nSPS) is 17.2. The molecule has 0 bridgehead atoms. The monoisotopic (exact) mass is 244 g/mol. The Morgan fingerprint density at radius 1 is 1.22 bits per heavy atom. The van der Waals surface area contributed by atoms with Gasteiger partial charge in [0, 0.05) is 17.0 Å². The van der Waals surface area contributed by atoms with Crippen molar-refractivity contribution in [3.05, 3.63) is 29.5 Å². The molecule has 18 heavy (non-hydrogen) atoms. The highest BCUT2D eigenvalue weighted by Gasteiger charge is 2.20. The molecule has 1 aromatic carbocycles. The van der Waals surface area contributed by atoms with Crippen molar-refractivity contribution < 1.29 is 4.74 Å². The maximum Gasteiger partial charge on any atom is 0.142 e. The zero-order chi connectivity index (χ0) is 12.5. The van der Waals surface area contributed by atoms with Crippen molar-refractivity contribution in [3.8, 4) is 5.75 Å². The SMILES string of the molecule is COc1cccc2c(C)c(C3CCNCC3)[nH]c12. The Morgan fingerprint density at radius 3 is 2.72 bits per heavy atom. The summed E-state index contributed by atoms with van der Waals surface area (Å²) >= 11 is 0. The molecule has 2 N–H and O–H groups in total. The van der Waals surface area contributed by atoms with Crippen LogP contribution in [0.15, 0.2) is 18.2 Å². The second-order valence-electron chi connectivity index (χ2n) is 5.07. The van der Waals surface area contributed by atoms with Gasteiger partial charge >= 0.3 is 0 Å². The fraction of sp³-hybridized carbons (Fsp3) is 0.467. The quantitative estimate of drug-likeness (QED) is 0.852. The molecule has 2 heterocycles. The van der Waals surface area contributed by atoms with Gasteiger partial charge in [-0.3, -0.25) is 0 Å². The highest BCUT2D eigenvalue weighted by Crippen LogP contribution is 2.35. The number of aryl methyl sites for hydroxylation is 1. The van der Waals surface area contributed by atoms with Gasteiger partial charge in [0.2, 0.25) is 0 Å². The second-order valence-corrected chi connectivity index (χ2v) is 5.07. The van der Waals surface area contributed by atoms with Gasteiger partial charge in [-0.05, 0) is 44.5 Å². The van der Waals surface area contributed by atoms with Gasteiger partial charge in [0.25, 0.3) is 0 Å². The summed E-state index contributed by atoms with van der Waals surface area (Å²) in [4.78, 5) is 3.60. The summed E-state index contributed by atoms with van der Waals surface area (Å²) in [6.45, 7) is 4.46. The van der Waals surface area contributed by atoms with E-state index in [1.807, 2.05) is 6.07 Å². The largest absolute Gasteiger partial charge is 0.495 e. The Hall–Kier alpha value is -1.48. The molecule has 3 heteroatoms. The molecule has 1 aromatic heterocycles. The van der Waals surface area contributed by atoms with Gasteiger partial charge in [-0.25, -0.2) is 0 Å². The smallest absolute Gasteiger partial charge is 0.142 e. The first-order chi connectivity index (χ1) is 8.81. The molecule has 0 aliphatic carbocycles. The topological polar surface area (TPSA) is 37.0 Å². The first-order valence-electron chi connectivity index (χ1n) is 6.67. The predicted octanol–water partition coefficient (Wildman–Crippen LogP) is 2.95. The summed E-state index contributed by atoms with van der Waals surface area (Å²) in [6, 6.07) is 6.26. The van der Waals surface area contributed by atoms with E-state index in [-0.39, 0.29) is 0 Å². The molecule has 1 aliphatic rings. The molecule has 0 radical (unpaired) electrons. The molecule has 1 fully saturated rings. The Kier molecular flexibility index (Phi) is 3.00. The van der Waals surface area contributed by atoms with Crippen molar-refractivity contribution in [2.45, 2.75) is 25.7 Å². The summed E-state index contributed by atoms with van der Waals surface area (Å²) in [5, 5.41) is 4.72. The van der Waals surface area contributed by atoms with Crippen LogP contribution in [0.5, 0.6) is 5.75 Å². The van der Waals surface area contributed by atoms with Crippen LogP contribution in [0.2, 0.25) is 0 Å². The third-order valence-electron chi connectivity index (χ3n) is 4.06. The maximum absolute atomic E-state index is 5.44. The minimum atomic E-state index is 0.656. The van der Waals surface area contributed by atoms with E-state index in [2.05, 4.69) is 29.4 Å². The summed E-state index contributed by atoms with van der Waals surface area (Å²) < 4.78 is 5.44. The number of para-hydroxylation sites is 1. The van der Waals surface area contributed by atoms with E-state index in [0.29, 0.717) is 5.92 Å². The molecule has 2 aromatic rings. The number of ether oxygens (including phenoxy) is 1. The van der Waals surface area contributed by atoms with E-state index in [1.54, 1.807) is 7.11 Å². The van der Waals surface area contributed by atoms with E-state index in [1.165, 1.54) is 29.5 Å². The molecular weight excluding hydrogens is 224 g/mol. The molecule has 1 aliphatic heterocycles. The van der Waals surface area contributed by atoms with E-state index in [4.69, 9.17) is 4.74 Å². The maximum atomic E-state index is 5.44. The zero-order valence-corrected chi connectivity index (χ0v) is 11.0. The number of benzene rings is 1. The van der Waals surface area contributed by atoms with E-state index in [0.717, 1.165) is 24.4 Å². The third kappa shape index (κ3) is 1.79. The van der Waals surface area contributed by atoms with Crippen LogP contribution in [-0.4, -0.2) is 25.2 Å². The highest BCUT2D eigenvalue weighted by molar-refractivity contribution is 5.89. The number of rotatable bonds is 2. The van der Waals surface area contributed by atoms with Crippen molar-refractivity contribution in [1.29, 1.82) is 0 Å². The van der Waals surface area contributed by atoms with Crippen LogP contribution in [-0.2, 0) is 0 Å². The first kappa shape index (κ1) is 11.6. The summed E-state index contributed by atoms with van der Waals surface area (Å²) in [7, 11) is 1.73. The average molecular weight is 244 g/mol. The van der Waals surface area contributed by atoms with Crippen molar-refractivity contribution in [2.75, 3.05) is 20.2 Å². The van der Waals surface area contributed by atoms with Gasteiger partial charge in [0.1, 0.15) is 5.75 Å². The number of H-pyrrole nitrogens is 1. The molecule has 3 nitrogen and oxygen atoms in total. The van der Waals surface area contributed by atoms with Gasteiger partial charge in [-0.15, -0.1) is 0 Å². The Labute approximate surface area is 108 Å². The molecule has 0 spiro atoms. The fourth-order valence-corrected chi connectivity index (χ4v) is 3.04. The number of piperidine rings is 1. The number of aromatic amines is 1. The lowest BCUT2D eigenvalue weighted by Gasteiger charge is -2.22. The average Bonchev–Trinajstić information content (AvgIpc) is 2.77. The Bertz CT molecular complexity index is 553. The van der Waals surface area contributed by atoms with Gasteiger partial charge in [-0.1, -0.05) is 12.1 Å². The molecule has 3 rings (SSSR count). The highest BCUT2D eigenvalue weighted by atomic mass is 16.5. The summed E-state index contributed by atoms with van der Waals surface area (Å²) in [6.07, 6.45) is 2.44. The van der Waals surface area contributed by atoms with Crippen molar-refractivity contribution >= 4 is 10.9 Å². The summed E-state index contributed by atoms with van der Waals surface area (Å²) in [5.41, 5.74) is 3.93. The Morgan fingerprint density at radius 2 is 2.00 bits per heavy atom. The molecule has 0 unspecified atom stereocenters. The molecule has 96 valence electrons. The summed E-state index contributed by atoms with van der Waals surface area (Å²) in [5.74, 6) is 1.60. The predicted molar refractivity (Wildman–Crippen MR) is 74.4 cm³/mol. The van der Waals surface area contributed by atoms with Gasteiger partial charge in [0.15, 0.2) is 0 Å². The molecule has 1 saturated heterocycles. The van der Waals surface area contributed by atoms with Crippen LogP contribution >= 0.6 is 0 Å². The number of aromatic nitrogens is 1. The molecule has 0 saturated carbocycles. The van der Waals surface area contributed by atoms with Crippen LogP contribution < -0.4 is 10.1 Å². The number of hydrogen-bond acceptors (Lipinski definition) is 2. The van der Waals surface area contributed by atoms with E-state index < -0.39 is 0 Å². The zero-order valence-electron chi connectivity index (χ0n) is 11.0. The lowest BCUT2D eigenvalue weighted by Crippen LogP contribution is -2.27. The van der Waals surface area contributed by atoms with Gasteiger partial charge < -0.3 is 15.0 Å². The molecule has 0 amide bonds. The van der Waals surface area contributed by atoms with Gasteiger partial charge in [-0.2, -0.15) is 0 Å². The van der Waals surface area contributed by atoms with Crippen LogP contribution in [0.4, 0.5) is 0 Å². The Balaban J connectivity index is 2.09. The number of fused-ring (bicyclic) bond motifs is 1. The van der Waals surface area contributed by atoms with Crippen molar-refractivity contribution in [2.24, 2.45) is 0 Å². The molecule has 0 atom stereocenters. The van der Waals surface area contributed by atoms with Crippen LogP contribution in [0, 0.1) is 6.92 Å². The standard InChI is InChI=1S/C15H20N2O/c1-10-12-4-3-5-13(18-2)15(12)17-14(10)11-6-8-16-9-7-11/h3-5,11,16-17H,6-9H2,1-2H3. The number of hydrogen-bond donors (Lipinski definition) is 2. The second kappa shape index (κ2) is 4.65. The van der Waals surface area contributed by atoms with Crippen LogP contribution in [0.1, 0.15) is 30.0 Å². The molecular formula is C15H20N2O. The first-order valence-corrected chi connectivity index (χ1v) is 6.67. The van der Waals surface area contributed by atoms with Crippen LogP contribution in [0.25, 0.3) is 10.9 Å². The van der Waals surface area contributed by atoms with Crippen molar-refractivity contribution in [1.82, 2.24) is 10.3 Å². The minimum Gasteiger partial charge on any atom is -0.495 e. The van der Waals surface area contributed by atoms with Crippen molar-refractivity contribution in [3.63, 3.8) is 0 Å². The van der Waals surface area contributed by atoms with Crippen LogP contribution in [0.3, 0.4) is 0 Å².